The minimum absolute atomic E-state index is 0.0642. The maximum absolute atomic E-state index is 10.8. The van der Waals surface area contributed by atoms with E-state index in [-0.39, 0.29) is 12.3 Å². The van der Waals surface area contributed by atoms with Crippen molar-refractivity contribution >= 4 is 5.69 Å². The molecule has 21 heavy (non-hydrogen) atoms. The fourth-order valence-electron chi connectivity index (χ4n) is 1.73. The van der Waals surface area contributed by atoms with Gasteiger partial charge in [0.05, 0.1) is 29.7 Å². The molecule has 0 aliphatic heterocycles. The van der Waals surface area contributed by atoms with Crippen molar-refractivity contribution in [3.8, 4) is 17.6 Å². The average molecular weight is 284 g/mol. The van der Waals surface area contributed by atoms with Crippen LogP contribution in [0.4, 0.5) is 5.69 Å². The van der Waals surface area contributed by atoms with Crippen molar-refractivity contribution in [1.29, 1.82) is 5.26 Å². The van der Waals surface area contributed by atoms with E-state index < -0.39 is 4.92 Å². The first-order valence-electron chi connectivity index (χ1n) is 6.08. The highest BCUT2D eigenvalue weighted by Crippen LogP contribution is 2.31. The molecular weight excluding hydrogens is 272 g/mol. The van der Waals surface area contributed by atoms with Crippen LogP contribution in [0.2, 0.25) is 0 Å². The second-order valence-electron chi connectivity index (χ2n) is 4.19. The summed E-state index contributed by atoms with van der Waals surface area (Å²) in [5.41, 5.74) is 1.35. The Labute approximate surface area is 121 Å². The highest BCUT2D eigenvalue weighted by Gasteiger charge is 2.12. The molecule has 0 heterocycles. The van der Waals surface area contributed by atoms with Crippen molar-refractivity contribution in [2.75, 3.05) is 7.11 Å². The highest BCUT2D eigenvalue weighted by atomic mass is 16.6. The predicted octanol–water partition coefficient (Wildman–Crippen LogP) is 3.05. The molecule has 0 saturated heterocycles. The van der Waals surface area contributed by atoms with E-state index in [1.165, 1.54) is 25.3 Å². The van der Waals surface area contributed by atoms with Gasteiger partial charge < -0.3 is 9.47 Å². The molecular formula is C15H12N2O4. The molecule has 6 heteroatoms. The van der Waals surface area contributed by atoms with Gasteiger partial charge in [-0.05, 0) is 23.8 Å². The lowest BCUT2D eigenvalue weighted by Crippen LogP contribution is -1.99. The largest absolute Gasteiger partial charge is 0.493 e. The van der Waals surface area contributed by atoms with Crippen molar-refractivity contribution in [1.82, 2.24) is 0 Å². The summed E-state index contributed by atoms with van der Waals surface area (Å²) < 4.78 is 10.7. The van der Waals surface area contributed by atoms with Crippen LogP contribution in [0.3, 0.4) is 0 Å². The molecule has 0 N–H and O–H groups in total. The van der Waals surface area contributed by atoms with E-state index in [1.54, 1.807) is 24.3 Å². The molecule has 6 nitrogen and oxygen atoms in total. The Morgan fingerprint density at radius 2 is 1.90 bits per heavy atom. The Morgan fingerprint density at radius 1 is 1.19 bits per heavy atom. The van der Waals surface area contributed by atoms with Crippen molar-refractivity contribution in [2.24, 2.45) is 0 Å². The third kappa shape index (κ3) is 3.48. The van der Waals surface area contributed by atoms with Gasteiger partial charge in [-0.15, -0.1) is 0 Å². The van der Waals surface area contributed by atoms with Crippen LogP contribution in [0, 0.1) is 21.4 Å². The fraction of sp³-hybridized carbons (Fsp3) is 0.133. The summed E-state index contributed by atoms with van der Waals surface area (Å²) in [6.07, 6.45) is 0. The topological polar surface area (TPSA) is 85.4 Å². The van der Waals surface area contributed by atoms with Crippen LogP contribution in [0.15, 0.2) is 42.5 Å². The van der Waals surface area contributed by atoms with Crippen LogP contribution in [0.1, 0.15) is 11.1 Å². The number of hydrogen-bond donors (Lipinski definition) is 0. The number of benzene rings is 2. The maximum atomic E-state index is 10.8. The van der Waals surface area contributed by atoms with Gasteiger partial charge in [-0.3, -0.25) is 10.1 Å². The Morgan fingerprint density at radius 3 is 2.48 bits per heavy atom. The van der Waals surface area contributed by atoms with Crippen LogP contribution in [0.5, 0.6) is 11.5 Å². The van der Waals surface area contributed by atoms with Crippen molar-refractivity contribution < 1.29 is 14.4 Å². The van der Waals surface area contributed by atoms with Crippen LogP contribution in [0.25, 0.3) is 0 Å². The molecule has 0 aliphatic rings. The number of nitrogens with zero attached hydrogens (tertiary/aromatic N) is 2. The molecule has 2 rings (SSSR count). The SMILES string of the molecule is COc1ccc([N+](=O)[O-])cc1OCc1ccc(C#N)cc1. The monoisotopic (exact) mass is 284 g/mol. The lowest BCUT2D eigenvalue weighted by molar-refractivity contribution is -0.385. The normalized spacial score (nSPS) is 9.71. The Hall–Kier alpha value is -3.07. The van der Waals surface area contributed by atoms with Gasteiger partial charge in [-0.2, -0.15) is 5.26 Å². The summed E-state index contributed by atoms with van der Waals surface area (Å²) >= 11 is 0. The van der Waals surface area contributed by atoms with Gasteiger partial charge in [0.25, 0.3) is 5.69 Å². The number of methoxy groups -OCH3 is 1. The van der Waals surface area contributed by atoms with E-state index in [0.29, 0.717) is 17.1 Å². The smallest absolute Gasteiger partial charge is 0.273 e. The van der Waals surface area contributed by atoms with E-state index in [1.807, 2.05) is 6.07 Å². The highest BCUT2D eigenvalue weighted by molar-refractivity contribution is 5.48. The number of non-ortho nitro benzene ring substituents is 1. The van der Waals surface area contributed by atoms with Gasteiger partial charge in [0, 0.05) is 6.07 Å². The first-order valence-corrected chi connectivity index (χ1v) is 6.08. The van der Waals surface area contributed by atoms with E-state index >= 15 is 0 Å². The van der Waals surface area contributed by atoms with E-state index in [4.69, 9.17) is 14.7 Å². The summed E-state index contributed by atoms with van der Waals surface area (Å²) in [6, 6.07) is 13.1. The Balaban J connectivity index is 2.16. The average Bonchev–Trinajstić information content (AvgIpc) is 2.53. The summed E-state index contributed by atoms with van der Waals surface area (Å²) in [7, 11) is 1.47. The number of nitro benzene ring substituents is 1. The number of nitro groups is 1. The zero-order chi connectivity index (χ0) is 15.2. The quantitative estimate of drug-likeness (QED) is 0.622. The predicted molar refractivity (Wildman–Crippen MR) is 75.1 cm³/mol. The summed E-state index contributed by atoms with van der Waals surface area (Å²) in [5.74, 6) is 0.727. The van der Waals surface area contributed by atoms with Gasteiger partial charge in [-0.1, -0.05) is 12.1 Å². The second kappa shape index (κ2) is 6.39. The molecule has 106 valence electrons. The van der Waals surface area contributed by atoms with Gasteiger partial charge in [0.15, 0.2) is 11.5 Å². The summed E-state index contributed by atoms with van der Waals surface area (Å²) in [5, 5.41) is 19.5. The molecule has 0 fully saturated rings. The minimum Gasteiger partial charge on any atom is -0.493 e. The zero-order valence-corrected chi connectivity index (χ0v) is 11.3. The van der Waals surface area contributed by atoms with Crippen molar-refractivity contribution in [3.05, 3.63) is 63.7 Å². The lowest BCUT2D eigenvalue weighted by Gasteiger charge is -2.10. The van der Waals surface area contributed by atoms with E-state index in [0.717, 1.165) is 5.56 Å². The molecule has 0 aromatic heterocycles. The number of ether oxygens (including phenoxy) is 2. The third-order valence-electron chi connectivity index (χ3n) is 2.84. The molecule has 0 bridgehead atoms. The standard InChI is InChI=1S/C15H12N2O4/c1-20-14-7-6-13(17(18)19)8-15(14)21-10-12-4-2-11(9-16)3-5-12/h2-8H,10H2,1H3. The molecule has 2 aromatic carbocycles. The Bertz CT molecular complexity index is 690. The molecule has 0 saturated carbocycles. The number of hydrogen-bond acceptors (Lipinski definition) is 5. The van der Waals surface area contributed by atoms with Gasteiger partial charge in [-0.25, -0.2) is 0 Å². The number of nitriles is 1. The second-order valence-corrected chi connectivity index (χ2v) is 4.19. The van der Waals surface area contributed by atoms with E-state index in [2.05, 4.69) is 0 Å². The van der Waals surface area contributed by atoms with Crippen LogP contribution < -0.4 is 9.47 Å². The number of rotatable bonds is 5. The van der Waals surface area contributed by atoms with Crippen molar-refractivity contribution in [3.63, 3.8) is 0 Å². The first-order chi connectivity index (χ1) is 10.1. The molecule has 0 amide bonds. The van der Waals surface area contributed by atoms with Gasteiger partial charge in [0.2, 0.25) is 0 Å². The summed E-state index contributed by atoms with van der Waals surface area (Å²) in [6.45, 7) is 0.225. The third-order valence-corrected chi connectivity index (χ3v) is 2.84. The van der Waals surface area contributed by atoms with Crippen LogP contribution in [-0.2, 0) is 6.61 Å². The van der Waals surface area contributed by atoms with Gasteiger partial charge >= 0.3 is 0 Å². The maximum Gasteiger partial charge on any atom is 0.273 e. The Kier molecular flexibility index (Phi) is 4.36. The minimum atomic E-state index is -0.492. The van der Waals surface area contributed by atoms with Gasteiger partial charge in [0.1, 0.15) is 6.61 Å². The fourth-order valence-corrected chi connectivity index (χ4v) is 1.73. The zero-order valence-electron chi connectivity index (χ0n) is 11.3. The van der Waals surface area contributed by atoms with Crippen LogP contribution >= 0.6 is 0 Å². The first kappa shape index (κ1) is 14.3. The molecule has 0 unspecified atom stereocenters. The van der Waals surface area contributed by atoms with Crippen LogP contribution in [-0.4, -0.2) is 12.0 Å². The molecule has 0 aliphatic carbocycles. The van der Waals surface area contributed by atoms with E-state index in [9.17, 15) is 10.1 Å². The lowest BCUT2D eigenvalue weighted by atomic mass is 10.1. The molecule has 0 spiro atoms. The molecule has 2 aromatic rings. The summed E-state index contributed by atoms with van der Waals surface area (Å²) in [4.78, 5) is 10.3. The van der Waals surface area contributed by atoms with Crippen molar-refractivity contribution in [2.45, 2.75) is 6.61 Å². The molecule has 0 radical (unpaired) electrons. The molecule has 0 atom stereocenters.